The second-order valence-electron chi connectivity index (χ2n) is 0.977. The van der Waals surface area contributed by atoms with Gasteiger partial charge in [-0.2, -0.15) is 0 Å². The smallest absolute Gasteiger partial charge is 0.140 e. The zero-order valence-corrected chi connectivity index (χ0v) is 3.43. The van der Waals surface area contributed by atoms with Gasteiger partial charge in [-0.1, -0.05) is 5.17 Å². The third-order valence-corrected chi connectivity index (χ3v) is 0.492. The Morgan fingerprint density at radius 3 is 3.00 bits per heavy atom. The number of rotatable bonds is 0. The summed E-state index contributed by atoms with van der Waals surface area (Å²) in [5, 5.41) is 1.44. The van der Waals surface area contributed by atoms with E-state index in [1.54, 1.807) is 7.05 Å². The van der Waals surface area contributed by atoms with E-state index in [1.807, 2.05) is 0 Å². The summed E-state index contributed by atoms with van der Waals surface area (Å²) in [5.41, 5.74) is 2.62. The van der Waals surface area contributed by atoms with Gasteiger partial charge in [0.25, 0.3) is 0 Å². The van der Waals surface area contributed by atoms with E-state index in [1.165, 1.54) is 11.4 Å². The Kier molecular flexibility index (Phi) is 0.686. The first-order valence-corrected chi connectivity index (χ1v) is 1.63. The monoisotopic (exact) mass is 85.0 g/mol. The van der Waals surface area contributed by atoms with E-state index in [-0.39, 0.29) is 0 Å². The SMILES string of the molecule is CN1N[C]=CO1. The van der Waals surface area contributed by atoms with Crippen LogP contribution in [0.1, 0.15) is 0 Å². The Hall–Kier alpha value is -0.700. The number of hydrazine groups is 1. The number of hydrogen-bond donors (Lipinski definition) is 1. The van der Waals surface area contributed by atoms with Crippen molar-refractivity contribution in [1.82, 2.24) is 10.6 Å². The lowest BCUT2D eigenvalue weighted by molar-refractivity contribution is -0.0881. The van der Waals surface area contributed by atoms with Crippen LogP contribution in [0.5, 0.6) is 0 Å². The van der Waals surface area contributed by atoms with Crippen molar-refractivity contribution < 1.29 is 4.84 Å². The van der Waals surface area contributed by atoms with Crippen molar-refractivity contribution in [2.75, 3.05) is 7.05 Å². The lowest BCUT2D eigenvalue weighted by atomic mass is 11.0. The molecule has 33 valence electrons. The fraction of sp³-hybridized carbons (Fsp3) is 0.333. The Morgan fingerprint density at radius 1 is 2.00 bits per heavy atom. The summed E-state index contributed by atoms with van der Waals surface area (Å²) in [6.45, 7) is 0. The summed E-state index contributed by atoms with van der Waals surface area (Å²) in [7, 11) is 1.75. The first-order chi connectivity index (χ1) is 2.89. The maximum atomic E-state index is 4.64. The molecule has 0 saturated carbocycles. The highest BCUT2D eigenvalue weighted by Crippen LogP contribution is 1.85. The molecule has 3 nitrogen and oxygen atoms in total. The van der Waals surface area contributed by atoms with Crippen LogP contribution in [0.3, 0.4) is 0 Å². The fourth-order valence-electron chi connectivity index (χ4n) is 0.249. The van der Waals surface area contributed by atoms with Gasteiger partial charge in [0.15, 0.2) is 0 Å². The van der Waals surface area contributed by atoms with Gasteiger partial charge in [0, 0.05) is 7.05 Å². The average Bonchev–Trinajstić information content (AvgIpc) is 1.86. The van der Waals surface area contributed by atoms with Gasteiger partial charge >= 0.3 is 0 Å². The van der Waals surface area contributed by atoms with Crippen molar-refractivity contribution in [3.05, 3.63) is 12.5 Å². The van der Waals surface area contributed by atoms with Gasteiger partial charge in [-0.3, -0.25) is 5.43 Å². The van der Waals surface area contributed by atoms with Crippen LogP contribution in [0, 0.1) is 6.20 Å². The first-order valence-electron chi connectivity index (χ1n) is 1.63. The molecule has 1 aliphatic rings. The summed E-state index contributed by atoms with van der Waals surface area (Å²) in [6.07, 6.45) is 4.05. The van der Waals surface area contributed by atoms with Crippen LogP contribution in [0.2, 0.25) is 0 Å². The fourth-order valence-corrected chi connectivity index (χ4v) is 0.249. The highest BCUT2D eigenvalue weighted by Gasteiger charge is 1.94. The van der Waals surface area contributed by atoms with Gasteiger partial charge in [-0.05, 0) is 0 Å². The Bertz CT molecular complexity index is 63.2. The summed E-state index contributed by atoms with van der Waals surface area (Å²) in [4.78, 5) is 4.64. The molecule has 0 spiro atoms. The summed E-state index contributed by atoms with van der Waals surface area (Å²) >= 11 is 0. The third kappa shape index (κ3) is 0.440. The van der Waals surface area contributed by atoms with Crippen molar-refractivity contribution >= 4 is 0 Å². The molecule has 0 unspecified atom stereocenters. The second-order valence-corrected chi connectivity index (χ2v) is 0.977. The molecule has 1 rings (SSSR count). The predicted molar refractivity (Wildman–Crippen MR) is 19.8 cm³/mol. The van der Waals surface area contributed by atoms with Crippen LogP contribution in [-0.2, 0) is 4.84 Å². The van der Waals surface area contributed by atoms with E-state index in [0.29, 0.717) is 0 Å². The van der Waals surface area contributed by atoms with E-state index in [4.69, 9.17) is 0 Å². The van der Waals surface area contributed by atoms with Crippen LogP contribution in [-0.4, -0.2) is 12.2 Å². The van der Waals surface area contributed by atoms with Crippen molar-refractivity contribution in [2.24, 2.45) is 0 Å². The van der Waals surface area contributed by atoms with Crippen LogP contribution in [0.25, 0.3) is 0 Å². The predicted octanol–water partition coefficient (Wildman–Crippen LogP) is -0.358. The van der Waals surface area contributed by atoms with Crippen LogP contribution in [0.15, 0.2) is 6.26 Å². The topological polar surface area (TPSA) is 24.5 Å². The van der Waals surface area contributed by atoms with Crippen molar-refractivity contribution in [3.63, 3.8) is 0 Å². The maximum absolute atomic E-state index is 4.64. The van der Waals surface area contributed by atoms with E-state index in [0.717, 1.165) is 0 Å². The molecule has 1 heterocycles. The van der Waals surface area contributed by atoms with E-state index >= 15 is 0 Å². The second kappa shape index (κ2) is 1.18. The third-order valence-electron chi connectivity index (χ3n) is 0.492. The normalized spacial score (nSPS) is 20.2. The molecule has 1 radical (unpaired) electrons. The minimum absolute atomic E-state index is 1.44. The molecule has 0 saturated heterocycles. The molecular weight excluding hydrogens is 80.0 g/mol. The van der Waals surface area contributed by atoms with Gasteiger partial charge in [-0.15, -0.1) is 0 Å². The van der Waals surface area contributed by atoms with Crippen molar-refractivity contribution in [1.29, 1.82) is 0 Å². The van der Waals surface area contributed by atoms with Gasteiger partial charge < -0.3 is 4.84 Å². The van der Waals surface area contributed by atoms with Gasteiger partial charge in [-0.25, -0.2) is 0 Å². The van der Waals surface area contributed by atoms with Crippen LogP contribution < -0.4 is 5.43 Å². The largest absolute Gasteiger partial charge is 0.392 e. The molecule has 1 N–H and O–H groups in total. The molecule has 0 aliphatic carbocycles. The van der Waals surface area contributed by atoms with Crippen LogP contribution >= 0.6 is 0 Å². The molecule has 0 atom stereocenters. The first kappa shape index (κ1) is 3.49. The maximum Gasteiger partial charge on any atom is 0.140 e. The summed E-state index contributed by atoms with van der Waals surface area (Å²) in [6, 6.07) is 0. The Morgan fingerprint density at radius 2 is 2.83 bits per heavy atom. The molecular formula is C3H5N2O. The van der Waals surface area contributed by atoms with Gasteiger partial charge in [0.2, 0.25) is 0 Å². The van der Waals surface area contributed by atoms with Gasteiger partial charge in [0.05, 0.1) is 0 Å². The zero-order chi connectivity index (χ0) is 4.41. The van der Waals surface area contributed by atoms with E-state index in [2.05, 4.69) is 16.5 Å². The standard InChI is InChI=1S/C3H5N2O/c1-5-4-2-3-6-5/h3-4H,1H3. The molecule has 6 heavy (non-hydrogen) atoms. The van der Waals surface area contributed by atoms with Gasteiger partial charge in [0.1, 0.15) is 12.5 Å². The minimum atomic E-state index is 1.44. The zero-order valence-electron chi connectivity index (χ0n) is 3.43. The van der Waals surface area contributed by atoms with Crippen molar-refractivity contribution in [3.8, 4) is 0 Å². The van der Waals surface area contributed by atoms with Crippen molar-refractivity contribution in [2.45, 2.75) is 0 Å². The Labute approximate surface area is 36.1 Å². The van der Waals surface area contributed by atoms with E-state index in [9.17, 15) is 0 Å². The number of nitrogens with zero attached hydrogens (tertiary/aromatic N) is 1. The number of hydrogen-bond acceptors (Lipinski definition) is 3. The minimum Gasteiger partial charge on any atom is -0.392 e. The molecule has 0 aromatic heterocycles. The number of hydroxylamine groups is 1. The molecule has 3 heteroatoms. The van der Waals surface area contributed by atoms with Crippen LogP contribution in [0.4, 0.5) is 0 Å². The number of nitrogens with one attached hydrogen (secondary N) is 1. The average molecular weight is 85.1 g/mol. The highest BCUT2D eigenvalue weighted by molar-refractivity contribution is 4.60. The molecule has 1 aliphatic heterocycles. The molecule has 0 aromatic carbocycles. The molecule has 0 amide bonds. The lowest BCUT2D eigenvalue weighted by Crippen LogP contribution is -2.22. The Balaban J connectivity index is 2.32. The highest BCUT2D eigenvalue weighted by atomic mass is 16.7. The molecule has 0 bridgehead atoms. The quantitative estimate of drug-likeness (QED) is 0.435. The molecule has 0 fully saturated rings. The molecule has 0 aromatic rings. The summed E-state index contributed by atoms with van der Waals surface area (Å²) in [5.74, 6) is 0. The summed E-state index contributed by atoms with van der Waals surface area (Å²) < 4.78 is 0. The van der Waals surface area contributed by atoms with E-state index < -0.39 is 0 Å². The lowest BCUT2D eigenvalue weighted by Gasteiger charge is -2.03.